The Kier molecular flexibility index (Phi) is 2.97. The number of hydrogen-bond acceptors (Lipinski definition) is 6. The fourth-order valence-electron chi connectivity index (χ4n) is 2.37. The highest BCUT2D eigenvalue weighted by Crippen LogP contribution is 2.28. The predicted octanol–water partition coefficient (Wildman–Crippen LogP) is 0.361. The molecule has 1 unspecified atom stereocenters. The van der Waals surface area contributed by atoms with E-state index in [1.807, 2.05) is 13.2 Å². The largest absolute Gasteiger partial charge is 0.384 e. The number of nitrogens with zero attached hydrogens (tertiary/aromatic N) is 4. The molecule has 1 aliphatic heterocycles. The second kappa shape index (κ2) is 4.55. The summed E-state index contributed by atoms with van der Waals surface area (Å²) in [7, 11) is -1.15. The lowest BCUT2D eigenvalue weighted by molar-refractivity contribution is 0.601. The van der Waals surface area contributed by atoms with Gasteiger partial charge in [-0.05, 0) is 6.42 Å². The molecule has 3 heterocycles. The quantitative estimate of drug-likeness (QED) is 0.857. The van der Waals surface area contributed by atoms with Crippen LogP contribution in [-0.4, -0.2) is 39.7 Å². The van der Waals surface area contributed by atoms with Crippen molar-refractivity contribution in [3.63, 3.8) is 0 Å². The van der Waals surface area contributed by atoms with Gasteiger partial charge in [0, 0.05) is 30.8 Å². The summed E-state index contributed by atoms with van der Waals surface area (Å²) in [6.45, 7) is 0. The van der Waals surface area contributed by atoms with E-state index in [2.05, 4.69) is 15.1 Å². The molecule has 3 rings (SSSR count). The second-order valence-electron chi connectivity index (χ2n) is 5.04. The van der Waals surface area contributed by atoms with Crippen molar-refractivity contribution >= 4 is 15.7 Å². The number of anilines is 1. The van der Waals surface area contributed by atoms with Crippen molar-refractivity contribution in [2.24, 2.45) is 7.05 Å². The first-order chi connectivity index (χ1) is 9.43. The summed E-state index contributed by atoms with van der Waals surface area (Å²) in [6, 6.07) is 1.67. The van der Waals surface area contributed by atoms with Crippen LogP contribution in [0.5, 0.6) is 0 Å². The van der Waals surface area contributed by atoms with Gasteiger partial charge >= 0.3 is 0 Å². The van der Waals surface area contributed by atoms with E-state index in [-0.39, 0.29) is 17.4 Å². The molecule has 2 aromatic heterocycles. The van der Waals surface area contributed by atoms with Gasteiger partial charge < -0.3 is 5.73 Å². The van der Waals surface area contributed by atoms with E-state index >= 15 is 0 Å². The van der Waals surface area contributed by atoms with E-state index in [1.165, 1.54) is 0 Å². The molecular weight excluding hydrogens is 278 g/mol. The molecule has 1 atom stereocenters. The van der Waals surface area contributed by atoms with Gasteiger partial charge in [-0.15, -0.1) is 0 Å². The minimum absolute atomic E-state index is 0.100. The van der Waals surface area contributed by atoms with Crippen molar-refractivity contribution in [1.82, 2.24) is 19.7 Å². The Morgan fingerprint density at radius 1 is 1.40 bits per heavy atom. The number of sulfone groups is 1. The number of aromatic nitrogens is 4. The summed E-state index contributed by atoms with van der Waals surface area (Å²) >= 11 is 0. The third kappa shape index (κ3) is 2.51. The Balaban J connectivity index is 1.99. The Hall–Kier alpha value is -1.96. The van der Waals surface area contributed by atoms with Crippen molar-refractivity contribution < 1.29 is 8.42 Å². The van der Waals surface area contributed by atoms with Crippen molar-refractivity contribution in [3.8, 4) is 11.3 Å². The molecule has 0 bridgehead atoms. The monoisotopic (exact) mass is 293 g/mol. The van der Waals surface area contributed by atoms with Crippen LogP contribution in [0.3, 0.4) is 0 Å². The highest BCUT2D eigenvalue weighted by atomic mass is 32.2. The molecule has 0 radical (unpaired) electrons. The van der Waals surface area contributed by atoms with Crippen LogP contribution < -0.4 is 5.73 Å². The van der Waals surface area contributed by atoms with Crippen LogP contribution in [0.2, 0.25) is 0 Å². The van der Waals surface area contributed by atoms with Crippen LogP contribution in [0.4, 0.5) is 5.82 Å². The van der Waals surface area contributed by atoms with Gasteiger partial charge in [-0.3, -0.25) is 4.68 Å². The maximum absolute atomic E-state index is 11.6. The topological polar surface area (TPSA) is 104 Å². The molecule has 0 aliphatic carbocycles. The lowest BCUT2D eigenvalue weighted by Gasteiger charge is -2.08. The lowest BCUT2D eigenvalue weighted by Crippen LogP contribution is -2.09. The van der Waals surface area contributed by atoms with E-state index in [0.717, 1.165) is 5.56 Å². The first-order valence-corrected chi connectivity index (χ1v) is 8.09. The molecule has 1 aliphatic rings. The van der Waals surface area contributed by atoms with Crippen LogP contribution in [0.25, 0.3) is 11.3 Å². The van der Waals surface area contributed by atoms with Gasteiger partial charge in [0.2, 0.25) is 0 Å². The van der Waals surface area contributed by atoms with Crippen LogP contribution in [0.15, 0.2) is 18.5 Å². The first kappa shape index (κ1) is 13.0. The Bertz CT molecular complexity index is 753. The maximum atomic E-state index is 11.6. The summed E-state index contributed by atoms with van der Waals surface area (Å²) in [5, 5.41) is 4.09. The summed E-state index contributed by atoms with van der Waals surface area (Å²) in [5.41, 5.74) is 7.32. The number of rotatable bonds is 2. The second-order valence-corrected chi connectivity index (χ2v) is 7.27. The molecule has 1 fully saturated rings. The van der Waals surface area contributed by atoms with Gasteiger partial charge in [0.1, 0.15) is 11.6 Å². The molecule has 0 saturated carbocycles. The Morgan fingerprint density at radius 3 is 2.80 bits per heavy atom. The highest BCUT2D eigenvalue weighted by Gasteiger charge is 2.31. The van der Waals surface area contributed by atoms with Crippen molar-refractivity contribution in [2.45, 2.75) is 12.3 Å². The van der Waals surface area contributed by atoms with Crippen molar-refractivity contribution in [1.29, 1.82) is 0 Å². The fraction of sp³-hybridized carbons (Fsp3) is 0.417. The molecule has 0 spiro atoms. The molecule has 0 aromatic carbocycles. The zero-order chi connectivity index (χ0) is 14.3. The first-order valence-electron chi connectivity index (χ1n) is 6.27. The molecule has 1 saturated heterocycles. The van der Waals surface area contributed by atoms with Crippen molar-refractivity contribution in [3.05, 3.63) is 24.3 Å². The van der Waals surface area contributed by atoms with Gasteiger partial charge in [0.15, 0.2) is 9.84 Å². The summed E-state index contributed by atoms with van der Waals surface area (Å²) in [4.78, 5) is 8.64. The Labute approximate surface area is 116 Å². The van der Waals surface area contributed by atoms with Crippen molar-refractivity contribution in [2.75, 3.05) is 17.2 Å². The van der Waals surface area contributed by atoms with E-state index < -0.39 is 9.84 Å². The minimum Gasteiger partial charge on any atom is -0.384 e. The summed E-state index contributed by atoms with van der Waals surface area (Å²) in [5.74, 6) is 0.975. The smallest absolute Gasteiger partial charge is 0.151 e. The maximum Gasteiger partial charge on any atom is 0.151 e. The van der Waals surface area contributed by atoms with Gasteiger partial charge in [0.05, 0.1) is 23.4 Å². The molecule has 2 N–H and O–H groups in total. The fourth-order valence-corrected chi connectivity index (χ4v) is 4.11. The van der Waals surface area contributed by atoms with E-state index in [1.54, 1.807) is 16.9 Å². The highest BCUT2D eigenvalue weighted by molar-refractivity contribution is 7.91. The van der Waals surface area contributed by atoms with Crippen LogP contribution >= 0.6 is 0 Å². The van der Waals surface area contributed by atoms with Gasteiger partial charge in [-0.2, -0.15) is 5.10 Å². The van der Waals surface area contributed by atoms with Crippen LogP contribution in [0.1, 0.15) is 18.2 Å². The number of hydrogen-bond donors (Lipinski definition) is 1. The number of nitrogens with two attached hydrogens (primary N) is 1. The molecule has 0 amide bonds. The SMILES string of the molecule is Cn1cc(-c2cc(N)nc(C3CCS(=O)(=O)C3)n2)cn1. The van der Waals surface area contributed by atoms with Gasteiger partial charge in [0.25, 0.3) is 0 Å². The molecule has 106 valence electrons. The Morgan fingerprint density at radius 2 is 2.20 bits per heavy atom. The van der Waals surface area contributed by atoms with Crippen LogP contribution in [-0.2, 0) is 16.9 Å². The number of nitrogen functional groups attached to an aromatic ring is 1. The number of aryl methyl sites for hydroxylation is 1. The predicted molar refractivity (Wildman–Crippen MR) is 74.7 cm³/mol. The third-order valence-corrected chi connectivity index (χ3v) is 5.13. The molecular formula is C12H15N5O2S. The van der Waals surface area contributed by atoms with Crippen LogP contribution in [0, 0.1) is 0 Å². The average Bonchev–Trinajstić information content (AvgIpc) is 2.94. The summed E-state index contributed by atoms with van der Waals surface area (Å²) < 4.78 is 24.8. The zero-order valence-corrected chi connectivity index (χ0v) is 11.8. The van der Waals surface area contributed by atoms with E-state index in [4.69, 9.17) is 5.73 Å². The standard InChI is InChI=1S/C12H15N5O2S/c1-17-6-9(5-14-17)10-4-11(13)16-12(15-10)8-2-3-20(18,19)7-8/h4-6,8H,2-3,7H2,1H3,(H2,13,15,16). The normalized spacial score (nSPS) is 21.1. The van der Waals surface area contributed by atoms with E-state index in [9.17, 15) is 8.42 Å². The third-order valence-electron chi connectivity index (χ3n) is 3.36. The minimum atomic E-state index is -2.97. The summed E-state index contributed by atoms with van der Waals surface area (Å²) in [6.07, 6.45) is 4.08. The van der Waals surface area contributed by atoms with Gasteiger partial charge in [-0.25, -0.2) is 18.4 Å². The molecule has 7 nitrogen and oxygen atoms in total. The molecule has 2 aromatic rings. The zero-order valence-electron chi connectivity index (χ0n) is 11.0. The molecule has 8 heteroatoms. The van der Waals surface area contributed by atoms with E-state index in [0.29, 0.717) is 23.8 Å². The average molecular weight is 293 g/mol. The lowest BCUT2D eigenvalue weighted by atomic mass is 10.1. The van der Waals surface area contributed by atoms with Gasteiger partial charge in [-0.1, -0.05) is 0 Å². The molecule has 20 heavy (non-hydrogen) atoms.